The molecule has 2 aromatic carbocycles. The summed E-state index contributed by atoms with van der Waals surface area (Å²) in [6, 6.07) is 21.8. The number of aromatic nitrogens is 6. The van der Waals surface area contributed by atoms with Crippen LogP contribution in [0.4, 0.5) is 5.82 Å². The normalized spacial score (nSPS) is 10.6. The number of carbonyl (C=O) groups is 1. The number of nitrogen functional groups attached to an aromatic ring is 1. The van der Waals surface area contributed by atoms with Crippen molar-refractivity contribution in [2.45, 2.75) is 13.3 Å². The van der Waals surface area contributed by atoms with Crippen LogP contribution >= 0.6 is 0 Å². The first-order valence-electron chi connectivity index (χ1n) is 12.0. The van der Waals surface area contributed by atoms with Gasteiger partial charge in [0.25, 0.3) is 5.91 Å². The van der Waals surface area contributed by atoms with Crippen molar-refractivity contribution in [3.8, 4) is 17.5 Å². The van der Waals surface area contributed by atoms with Gasteiger partial charge in [-0.25, -0.2) is 9.50 Å². The molecule has 0 aliphatic heterocycles. The largest absolute Gasteiger partial charge is 0.382 e. The minimum absolute atomic E-state index is 0.165. The summed E-state index contributed by atoms with van der Waals surface area (Å²) < 4.78 is 5.49. The lowest BCUT2D eigenvalue weighted by molar-refractivity contribution is 0.100. The molecule has 0 atom stereocenters. The predicted molar refractivity (Wildman–Crippen MR) is 148 cm³/mol. The van der Waals surface area contributed by atoms with Crippen molar-refractivity contribution in [3.63, 3.8) is 0 Å². The SMILES string of the molecule is CCc1nc2cccc(C#Cc3cnn(C)c3)c2n1-c1ccccc1.NC(=O)c1c(N)nn2ccccc12. The van der Waals surface area contributed by atoms with Crippen LogP contribution < -0.4 is 11.5 Å². The van der Waals surface area contributed by atoms with Gasteiger partial charge in [0, 0.05) is 31.5 Å². The fourth-order valence-electron chi connectivity index (χ4n) is 4.26. The molecule has 4 aromatic heterocycles. The number of primary amides is 1. The van der Waals surface area contributed by atoms with Crippen molar-refractivity contribution in [2.24, 2.45) is 12.8 Å². The number of aryl methyl sites for hydroxylation is 2. The number of fused-ring (bicyclic) bond motifs is 2. The minimum atomic E-state index is -0.557. The Kier molecular flexibility index (Phi) is 6.61. The summed E-state index contributed by atoms with van der Waals surface area (Å²) >= 11 is 0. The van der Waals surface area contributed by atoms with E-state index in [1.54, 1.807) is 35.3 Å². The molecule has 0 bridgehead atoms. The molecule has 4 N–H and O–H groups in total. The molecular formula is C29H26N8O. The molecule has 0 aliphatic carbocycles. The van der Waals surface area contributed by atoms with E-state index in [0.717, 1.165) is 40.1 Å². The first-order valence-corrected chi connectivity index (χ1v) is 12.0. The Bertz CT molecular complexity index is 1820. The lowest BCUT2D eigenvalue weighted by atomic mass is 10.1. The summed E-state index contributed by atoms with van der Waals surface area (Å²) in [7, 11) is 1.89. The zero-order chi connectivity index (χ0) is 26.6. The highest BCUT2D eigenvalue weighted by molar-refractivity contribution is 6.04. The van der Waals surface area contributed by atoms with Gasteiger partial charge in [-0.1, -0.05) is 49.1 Å². The van der Waals surface area contributed by atoms with Crippen LogP contribution in [0.25, 0.3) is 22.2 Å². The van der Waals surface area contributed by atoms with Gasteiger partial charge in [0.15, 0.2) is 5.82 Å². The lowest BCUT2D eigenvalue weighted by Gasteiger charge is -2.09. The average molecular weight is 503 g/mol. The van der Waals surface area contributed by atoms with E-state index in [2.05, 4.69) is 45.7 Å². The van der Waals surface area contributed by atoms with Gasteiger partial charge in [-0.05, 0) is 36.4 Å². The van der Waals surface area contributed by atoms with E-state index in [1.165, 1.54) is 4.52 Å². The summed E-state index contributed by atoms with van der Waals surface area (Å²) in [5.74, 6) is 7.15. The van der Waals surface area contributed by atoms with Crippen LogP contribution in [0.1, 0.15) is 34.2 Å². The van der Waals surface area contributed by atoms with Gasteiger partial charge in [-0.3, -0.25) is 14.0 Å². The molecular weight excluding hydrogens is 476 g/mol. The number of anilines is 1. The molecule has 0 saturated carbocycles. The zero-order valence-electron chi connectivity index (χ0n) is 21.0. The average Bonchev–Trinajstić information content (AvgIpc) is 3.62. The van der Waals surface area contributed by atoms with Crippen LogP contribution in [-0.2, 0) is 13.5 Å². The Morgan fingerprint density at radius 1 is 1.00 bits per heavy atom. The van der Waals surface area contributed by atoms with Crippen molar-refractivity contribution < 1.29 is 4.79 Å². The maximum atomic E-state index is 11.0. The first kappa shape index (κ1) is 24.3. The number of nitrogens with zero attached hydrogens (tertiary/aromatic N) is 6. The van der Waals surface area contributed by atoms with E-state index in [4.69, 9.17) is 16.5 Å². The third kappa shape index (κ3) is 4.70. The highest BCUT2D eigenvalue weighted by Crippen LogP contribution is 2.25. The van der Waals surface area contributed by atoms with Crippen molar-refractivity contribution in [1.29, 1.82) is 0 Å². The molecule has 0 radical (unpaired) electrons. The van der Waals surface area contributed by atoms with E-state index in [0.29, 0.717) is 5.52 Å². The summed E-state index contributed by atoms with van der Waals surface area (Å²) in [6.45, 7) is 2.13. The Labute approximate surface area is 219 Å². The van der Waals surface area contributed by atoms with Crippen LogP contribution in [0.5, 0.6) is 0 Å². The van der Waals surface area contributed by atoms with E-state index in [9.17, 15) is 4.79 Å². The lowest BCUT2D eigenvalue weighted by Crippen LogP contribution is -2.12. The second-order valence-electron chi connectivity index (χ2n) is 8.53. The number of pyridine rings is 1. The van der Waals surface area contributed by atoms with Gasteiger partial charge < -0.3 is 11.5 Å². The molecule has 9 nitrogen and oxygen atoms in total. The van der Waals surface area contributed by atoms with E-state index >= 15 is 0 Å². The molecule has 0 unspecified atom stereocenters. The van der Waals surface area contributed by atoms with Crippen molar-refractivity contribution in [1.82, 2.24) is 28.9 Å². The standard InChI is InChI=1S/C21H18N4.C8H8N4O/c1-3-20-23-19-11-7-8-17(13-12-16-14-22-24(2)15-16)21(19)25(20)18-9-5-4-6-10-18;9-7-6(8(10)13)5-3-1-2-4-12(5)11-7/h4-11,14-15H,3H2,1-2H3;1-4H,(H2,9,11)(H2,10,13). The van der Waals surface area contributed by atoms with Crippen LogP contribution in [0, 0.1) is 11.8 Å². The molecule has 0 saturated heterocycles. The maximum absolute atomic E-state index is 11.0. The Hall–Kier alpha value is -5.36. The molecule has 188 valence electrons. The van der Waals surface area contributed by atoms with Gasteiger partial charge in [0.2, 0.25) is 0 Å². The quantitative estimate of drug-likeness (QED) is 0.357. The van der Waals surface area contributed by atoms with Crippen molar-refractivity contribution in [3.05, 3.63) is 108 Å². The number of rotatable bonds is 3. The Morgan fingerprint density at radius 3 is 2.50 bits per heavy atom. The first-order chi connectivity index (χ1) is 18.5. The smallest absolute Gasteiger partial charge is 0.254 e. The zero-order valence-corrected chi connectivity index (χ0v) is 21.0. The molecule has 0 aliphatic rings. The molecule has 0 fully saturated rings. The third-order valence-corrected chi connectivity index (χ3v) is 5.94. The van der Waals surface area contributed by atoms with Gasteiger partial charge in [-0.2, -0.15) is 5.10 Å². The predicted octanol–water partition coefficient (Wildman–Crippen LogP) is 3.74. The fraction of sp³-hybridized carbons (Fsp3) is 0.103. The number of carbonyl (C=O) groups excluding carboxylic acids is 1. The fourth-order valence-corrected chi connectivity index (χ4v) is 4.26. The van der Waals surface area contributed by atoms with Gasteiger partial charge in [-0.15, -0.1) is 5.10 Å². The second kappa shape index (κ2) is 10.3. The van der Waals surface area contributed by atoms with Gasteiger partial charge >= 0.3 is 0 Å². The molecule has 1 amide bonds. The topological polar surface area (TPSA) is 122 Å². The maximum Gasteiger partial charge on any atom is 0.254 e. The van der Waals surface area contributed by atoms with E-state index < -0.39 is 5.91 Å². The van der Waals surface area contributed by atoms with E-state index in [-0.39, 0.29) is 11.4 Å². The Morgan fingerprint density at radius 2 is 1.79 bits per heavy atom. The number of para-hydroxylation sites is 2. The Balaban J connectivity index is 0.000000190. The minimum Gasteiger partial charge on any atom is -0.382 e. The van der Waals surface area contributed by atoms with Gasteiger partial charge in [0.1, 0.15) is 11.4 Å². The van der Waals surface area contributed by atoms with Crippen LogP contribution in [0.3, 0.4) is 0 Å². The second-order valence-corrected chi connectivity index (χ2v) is 8.53. The summed E-state index contributed by atoms with van der Waals surface area (Å²) in [4.78, 5) is 15.8. The molecule has 6 aromatic rings. The van der Waals surface area contributed by atoms with Crippen LogP contribution in [0.15, 0.2) is 85.3 Å². The number of hydrogen-bond donors (Lipinski definition) is 2. The summed E-state index contributed by atoms with van der Waals surface area (Å²) in [5.41, 5.74) is 16.6. The highest BCUT2D eigenvalue weighted by atomic mass is 16.1. The van der Waals surface area contributed by atoms with Crippen LogP contribution in [0.2, 0.25) is 0 Å². The van der Waals surface area contributed by atoms with Crippen molar-refractivity contribution >= 4 is 28.3 Å². The van der Waals surface area contributed by atoms with Crippen molar-refractivity contribution in [2.75, 3.05) is 5.73 Å². The number of hydrogen-bond acceptors (Lipinski definition) is 5. The number of benzene rings is 2. The summed E-state index contributed by atoms with van der Waals surface area (Å²) in [6.07, 6.45) is 6.26. The molecule has 6 rings (SSSR count). The molecule has 38 heavy (non-hydrogen) atoms. The highest BCUT2D eigenvalue weighted by Gasteiger charge is 2.14. The third-order valence-electron chi connectivity index (χ3n) is 5.94. The summed E-state index contributed by atoms with van der Waals surface area (Å²) in [5, 5.41) is 8.10. The molecule has 0 spiro atoms. The van der Waals surface area contributed by atoms with E-state index in [1.807, 2.05) is 49.6 Å². The molecule has 4 heterocycles. The number of imidazole rings is 1. The monoisotopic (exact) mass is 502 g/mol. The number of amides is 1. The van der Waals surface area contributed by atoms with Crippen LogP contribution in [-0.4, -0.2) is 34.9 Å². The van der Waals surface area contributed by atoms with Gasteiger partial charge in [0.05, 0.1) is 33.9 Å². The number of nitrogens with two attached hydrogens (primary N) is 2. The molecule has 9 heteroatoms.